The predicted octanol–water partition coefficient (Wildman–Crippen LogP) is 4.92. The van der Waals surface area contributed by atoms with Gasteiger partial charge in [-0.05, 0) is 56.3 Å². The van der Waals surface area contributed by atoms with E-state index in [0.29, 0.717) is 29.4 Å². The molecule has 1 atom stereocenters. The molecule has 1 saturated heterocycles. The van der Waals surface area contributed by atoms with Crippen molar-refractivity contribution >= 4 is 51.1 Å². The second-order valence-corrected chi connectivity index (χ2v) is 8.83. The molecule has 1 unspecified atom stereocenters. The van der Waals surface area contributed by atoms with Gasteiger partial charge in [-0.3, -0.25) is 4.79 Å². The van der Waals surface area contributed by atoms with Gasteiger partial charge in [0.25, 0.3) is 5.91 Å². The Bertz CT molecular complexity index is 1350. The van der Waals surface area contributed by atoms with E-state index in [1.54, 1.807) is 16.9 Å². The van der Waals surface area contributed by atoms with Crippen molar-refractivity contribution in [2.75, 3.05) is 25.4 Å². The summed E-state index contributed by atoms with van der Waals surface area (Å²) in [5.41, 5.74) is 3.44. The summed E-state index contributed by atoms with van der Waals surface area (Å²) in [6, 6.07) is 15.1. The maximum absolute atomic E-state index is 12.7. The third-order valence-corrected chi connectivity index (χ3v) is 6.54. The molecule has 6 nitrogen and oxygen atoms in total. The van der Waals surface area contributed by atoms with E-state index >= 15 is 0 Å². The highest BCUT2D eigenvalue weighted by Crippen LogP contribution is 2.29. The highest BCUT2D eigenvalue weighted by Gasteiger charge is 2.22. The number of rotatable bonds is 5. The second-order valence-electron chi connectivity index (χ2n) is 7.51. The van der Waals surface area contributed by atoms with Gasteiger partial charge >= 0.3 is 0 Å². The van der Waals surface area contributed by atoms with Gasteiger partial charge < -0.3 is 15.5 Å². The lowest BCUT2D eigenvalue weighted by molar-refractivity contribution is 0.0942. The molecule has 31 heavy (non-hydrogen) atoms. The average Bonchev–Trinajstić information content (AvgIpc) is 3.54. The first-order valence-corrected chi connectivity index (χ1v) is 11.2. The number of anilines is 2. The Hall–Kier alpha value is -2.87. The number of para-hydroxylation sites is 1. The fraction of sp³-hybridized carbons (Fsp3) is 0.217. The van der Waals surface area contributed by atoms with Crippen LogP contribution >= 0.6 is 22.9 Å². The SMILES string of the molecule is [2H]C([2H])([2H])N1CCC(NC(=O)c2cc(-n3ncc4cc(Nc5ccccc5Cl)ccc43)cs2)C1. The van der Waals surface area contributed by atoms with Crippen molar-refractivity contribution in [3.8, 4) is 5.69 Å². The number of nitrogens with one attached hydrogen (secondary N) is 2. The van der Waals surface area contributed by atoms with E-state index < -0.39 is 6.98 Å². The zero-order valence-corrected chi connectivity index (χ0v) is 18.1. The van der Waals surface area contributed by atoms with Crippen molar-refractivity contribution in [1.29, 1.82) is 0 Å². The summed E-state index contributed by atoms with van der Waals surface area (Å²) in [5.74, 6) is -0.198. The number of fused-ring (bicyclic) bond motifs is 1. The van der Waals surface area contributed by atoms with Crippen LogP contribution in [0.5, 0.6) is 0 Å². The molecule has 4 aromatic rings. The van der Waals surface area contributed by atoms with Gasteiger partial charge in [0.15, 0.2) is 0 Å². The minimum atomic E-state index is -2.13. The largest absolute Gasteiger partial charge is 0.354 e. The van der Waals surface area contributed by atoms with Crippen LogP contribution < -0.4 is 10.6 Å². The summed E-state index contributed by atoms with van der Waals surface area (Å²) in [6.07, 6.45) is 2.41. The smallest absolute Gasteiger partial charge is 0.261 e. The van der Waals surface area contributed by atoms with Crippen LogP contribution in [-0.4, -0.2) is 46.7 Å². The first-order valence-electron chi connectivity index (χ1n) is 11.4. The Balaban J connectivity index is 1.30. The quantitative estimate of drug-likeness (QED) is 0.449. The molecule has 3 heterocycles. The fourth-order valence-electron chi connectivity index (χ4n) is 3.73. The van der Waals surface area contributed by atoms with Gasteiger partial charge in [-0.2, -0.15) is 5.10 Å². The number of likely N-dealkylation sites (tertiary alicyclic amines) is 1. The van der Waals surface area contributed by atoms with Crippen LogP contribution in [-0.2, 0) is 0 Å². The van der Waals surface area contributed by atoms with E-state index in [2.05, 4.69) is 15.7 Å². The lowest BCUT2D eigenvalue weighted by atomic mass is 10.2. The van der Waals surface area contributed by atoms with Crippen LogP contribution in [0.15, 0.2) is 60.1 Å². The number of thiophene rings is 1. The monoisotopic (exact) mass is 454 g/mol. The Morgan fingerprint density at radius 3 is 3.03 bits per heavy atom. The zero-order chi connectivity index (χ0) is 23.9. The van der Waals surface area contributed by atoms with E-state index in [1.165, 1.54) is 16.2 Å². The molecular formula is C23H22ClN5OS. The number of nitrogens with zero attached hydrogens (tertiary/aromatic N) is 3. The van der Waals surface area contributed by atoms with Crippen LogP contribution in [0, 0.1) is 0 Å². The summed E-state index contributed by atoms with van der Waals surface area (Å²) in [5, 5.41) is 14.3. The summed E-state index contributed by atoms with van der Waals surface area (Å²) in [7, 11) is 0. The molecule has 0 spiro atoms. The number of aromatic nitrogens is 2. The van der Waals surface area contributed by atoms with E-state index in [0.717, 1.165) is 28.0 Å². The molecule has 2 N–H and O–H groups in total. The lowest BCUT2D eigenvalue weighted by Gasteiger charge is -2.11. The minimum absolute atomic E-state index is 0.173. The summed E-state index contributed by atoms with van der Waals surface area (Å²) in [4.78, 5) is 14.7. The number of benzene rings is 2. The minimum Gasteiger partial charge on any atom is -0.354 e. The number of likely N-dealkylation sites (N-methyl/N-ethyl adjacent to an activating group) is 1. The van der Waals surface area contributed by atoms with Crippen molar-refractivity contribution in [2.45, 2.75) is 12.5 Å². The van der Waals surface area contributed by atoms with Gasteiger partial charge in [-0.15, -0.1) is 11.3 Å². The van der Waals surface area contributed by atoms with Gasteiger partial charge in [0.05, 0.1) is 33.0 Å². The second kappa shape index (κ2) is 8.34. The van der Waals surface area contributed by atoms with Crippen molar-refractivity contribution < 1.29 is 8.91 Å². The van der Waals surface area contributed by atoms with E-state index in [9.17, 15) is 4.79 Å². The van der Waals surface area contributed by atoms with Crippen LogP contribution in [0.1, 0.15) is 20.2 Å². The molecule has 0 saturated carbocycles. The Morgan fingerprint density at radius 2 is 2.19 bits per heavy atom. The number of halogens is 1. The van der Waals surface area contributed by atoms with Crippen molar-refractivity contribution in [2.24, 2.45) is 0 Å². The van der Waals surface area contributed by atoms with Gasteiger partial charge in [0.1, 0.15) is 0 Å². The summed E-state index contributed by atoms with van der Waals surface area (Å²) in [6.45, 7) is -1.35. The molecule has 1 aliphatic heterocycles. The normalized spacial score (nSPS) is 18.5. The molecule has 5 rings (SSSR count). The van der Waals surface area contributed by atoms with E-state index in [-0.39, 0.29) is 11.9 Å². The molecule has 0 bridgehead atoms. The summed E-state index contributed by atoms with van der Waals surface area (Å²) >= 11 is 7.58. The van der Waals surface area contributed by atoms with E-state index in [4.69, 9.17) is 15.7 Å². The topological polar surface area (TPSA) is 62.2 Å². The van der Waals surface area contributed by atoms with Crippen LogP contribution in [0.4, 0.5) is 11.4 Å². The molecule has 8 heteroatoms. The Labute approximate surface area is 193 Å². The molecule has 1 amide bonds. The first-order chi connectivity index (χ1) is 16.3. The molecule has 158 valence electrons. The van der Waals surface area contributed by atoms with Gasteiger partial charge in [-0.25, -0.2) is 4.68 Å². The van der Waals surface area contributed by atoms with Crippen molar-refractivity contribution in [3.05, 3.63) is 70.0 Å². The maximum Gasteiger partial charge on any atom is 0.261 e. The lowest BCUT2D eigenvalue weighted by Crippen LogP contribution is -2.36. The molecule has 1 fully saturated rings. The van der Waals surface area contributed by atoms with E-state index in [1.807, 2.05) is 47.8 Å². The number of hydrogen-bond donors (Lipinski definition) is 2. The Morgan fingerprint density at radius 1 is 1.29 bits per heavy atom. The van der Waals surface area contributed by atoms with Gasteiger partial charge in [-0.1, -0.05) is 23.7 Å². The molecule has 2 aromatic carbocycles. The first kappa shape index (κ1) is 16.8. The van der Waals surface area contributed by atoms with Crippen molar-refractivity contribution in [1.82, 2.24) is 20.0 Å². The van der Waals surface area contributed by atoms with Crippen LogP contribution in [0.3, 0.4) is 0 Å². The van der Waals surface area contributed by atoms with Crippen molar-refractivity contribution in [3.63, 3.8) is 0 Å². The molecule has 2 aromatic heterocycles. The average molecular weight is 455 g/mol. The van der Waals surface area contributed by atoms with Crippen LogP contribution in [0.2, 0.25) is 5.02 Å². The zero-order valence-electron chi connectivity index (χ0n) is 19.5. The number of carbonyl (C=O) groups excluding carboxylic acids is 1. The standard InChI is InChI=1S/C23H22ClN5OS/c1-28-9-8-17(13-28)27-23(30)22-11-18(14-31-22)29-21-7-6-16(10-15(21)12-25-29)26-20-5-3-2-4-19(20)24/h2-7,10-12,14,17,26H,8-9,13H2,1H3,(H,27,30)/i1D3. The number of amides is 1. The number of hydrogen-bond acceptors (Lipinski definition) is 5. The third kappa shape index (κ3) is 4.17. The van der Waals surface area contributed by atoms with Gasteiger partial charge in [0.2, 0.25) is 0 Å². The Kier molecular flexibility index (Phi) is 4.51. The third-order valence-electron chi connectivity index (χ3n) is 5.30. The molecule has 0 aliphatic carbocycles. The van der Waals surface area contributed by atoms with Crippen LogP contribution in [0.25, 0.3) is 16.6 Å². The molecular weight excluding hydrogens is 430 g/mol. The molecule has 1 aliphatic rings. The summed E-state index contributed by atoms with van der Waals surface area (Å²) < 4.78 is 24.4. The van der Waals surface area contributed by atoms with Gasteiger partial charge in [0, 0.05) is 33.2 Å². The maximum atomic E-state index is 12.7. The predicted molar refractivity (Wildman–Crippen MR) is 127 cm³/mol. The number of carbonyl (C=O) groups is 1. The fourth-order valence-corrected chi connectivity index (χ4v) is 4.68. The highest BCUT2D eigenvalue weighted by molar-refractivity contribution is 7.12. The molecule has 0 radical (unpaired) electrons. The highest BCUT2D eigenvalue weighted by atomic mass is 35.5.